The minimum absolute atomic E-state index is 0.108. The van der Waals surface area contributed by atoms with Crippen LogP contribution in [0.15, 0.2) is 40.3 Å². The molecule has 2 atom stereocenters. The maximum atomic E-state index is 13.2. The molecule has 0 spiro atoms. The Balaban J connectivity index is 1.77. The van der Waals surface area contributed by atoms with Crippen LogP contribution < -0.4 is 0 Å². The van der Waals surface area contributed by atoms with E-state index in [4.69, 9.17) is 0 Å². The summed E-state index contributed by atoms with van der Waals surface area (Å²) < 4.78 is 28.2. The van der Waals surface area contributed by atoms with Gasteiger partial charge < -0.3 is 0 Å². The van der Waals surface area contributed by atoms with Gasteiger partial charge in [0.1, 0.15) is 0 Å². The largest absolute Gasteiger partial charge is 0.295 e. The first-order valence-electron chi connectivity index (χ1n) is 8.83. The number of benzene rings is 1. The van der Waals surface area contributed by atoms with Gasteiger partial charge in [-0.25, -0.2) is 8.42 Å². The molecule has 4 rings (SSSR count). The van der Waals surface area contributed by atoms with Crippen LogP contribution in [0.2, 0.25) is 0 Å². The van der Waals surface area contributed by atoms with Gasteiger partial charge in [-0.3, -0.25) is 4.79 Å². The molecule has 1 aromatic rings. The molecule has 0 radical (unpaired) electrons. The quantitative estimate of drug-likeness (QED) is 0.827. The minimum atomic E-state index is -3.52. The summed E-state index contributed by atoms with van der Waals surface area (Å²) in [5.74, 6) is 0.542. The summed E-state index contributed by atoms with van der Waals surface area (Å²) >= 11 is 0. The molecule has 24 heavy (non-hydrogen) atoms. The average Bonchev–Trinajstić information content (AvgIpc) is 3.02. The molecule has 0 amide bonds. The molecule has 3 aliphatic rings. The zero-order valence-electron chi connectivity index (χ0n) is 14.0. The molecule has 0 saturated heterocycles. The first-order valence-corrected chi connectivity index (χ1v) is 10.3. The molecule has 0 unspecified atom stereocenters. The summed E-state index contributed by atoms with van der Waals surface area (Å²) in [5.41, 5.74) is 3.15. The highest BCUT2D eigenvalue weighted by Gasteiger charge is 2.46. The van der Waals surface area contributed by atoms with Crippen LogP contribution in [0.1, 0.15) is 44.1 Å². The van der Waals surface area contributed by atoms with E-state index in [0.29, 0.717) is 17.9 Å². The van der Waals surface area contributed by atoms with E-state index in [-0.39, 0.29) is 17.7 Å². The summed E-state index contributed by atoms with van der Waals surface area (Å²) in [4.78, 5) is 12.7. The van der Waals surface area contributed by atoms with Gasteiger partial charge in [0.2, 0.25) is 10.0 Å². The summed E-state index contributed by atoms with van der Waals surface area (Å²) in [7, 11) is -3.52. The summed E-state index contributed by atoms with van der Waals surface area (Å²) in [6, 6.07) is 6.98. The molecule has 0 bridgehead atoms. The van der Waals surface area contributed by atoms with Gasteiger partial charge in [0.15, 0.2) is 5.78 Å². The van der Waals surface area contributed by atoms with E-state index in [9.17, 15) is 13.2 Å². The van der Waals surface area contributed by atoms with Crippen molar-refractivity contribution in [2.75, 3.05) is 6.54 Å². The first-order chi connectivity index (χ1) is 11.5. The Labute approximate surface area is 143 Å². The maximum Gasteiger partial charge on any atom is 0.243 e. The number of nitrogens with zero attached hydrogens (tertiary/aromatic N) is 1. The molecule has 0 aromatic heterocycles. The lowest BCUT2D eigenvalue weighted by molar-refractivity contribution is -0.115. The lowest BCUT2D eigenvalue weighted by atomic mass is 9.97. The van der Waals surface area contributed by atoms with Crippen LogP contribution >= 0.6 is 0 Å². The van der Waals surface area contributed by atoms with Crippen molar-refractivity contribution in [2.24, 2.45) is 5.92 Å². The number of carbonyl (C=O) groups excluding carboxylic acids is 1. The van der Waals surface area contributed by atoms with E-state index in [1.165, 1.54) is 0 Å². The minimum Gasteiger partial charge on any atom is -0.295 e. The van der Waals surface area contributed by atoms with Gasteiger partial charge in [-0.05, 0) is 68.2 Å². The van der Waals surface area contributed by atoms with Gasteiger partial charge in [0.05, 0.1) is 4.90 Å². The number of ketones is 1. The number of Topliss-reactive ketones (excluding diaryl/α,β-unsaturated/α-hetero) is 1. The fourth-order valence-corrected chi connectivity index (χ4v) is 6.23. The monoisotopic (exact) mass is 345 g/mol. The lowest BCUT2D eigenvalue weighted by Crippen LogP contribution is -2.41. The van der Waals surface area contributed by atoms with Crippen LogP contribution in [0, 0.1) is 12.8 Å². The van der Waals surface area contributed by atoms with Crippen LogP contribution in [-0.2, 0) is 14.8 Å². The standard InChI is InChI=1S/C19H23NO3S/c1-13-5-8-15(9-6-13)24(22,23)20-11-3-2-4-16-18(21)12-14-7-10-17(20)19(14)16/h5-6,8-9,14,17H,2-4,7,10-12H2,1H3/t14-,17-/m0/s1. The number of carbonyl (C=O) groups is 1. The highest BCUT2D eigenvalue weighted by molar-refractivity contribution is 7.89. The molecule has 0 N–H and O–H groups in total. The van der Waals surface area contributed by atoms with Gasteiger partial charge in [-0.1, -0.05) is 17.7 Å². The highest BCUT2D eigenvalue weighted by atomic mass is 32.2. The van der Waals surface area contributed by atoms with Crippen LogP contribution in [0.3, 0.4) is 0 Å². The summed E-state index contributed by atoms with van der Waals surface area (Å²) in [6.45, 7) is 2.51. The van der Waals surface area contributed by atoms with Gasteiger partial charge >= 0.3 is 0 Å². The maximum absolute atomic E-state index is 13.2. The third-order valence-electron chi connectivity index (χ3n) is 5.73. The van der Waals surface area contributed by atoms with Crippen molar-refractivity contribution in [3.63, 3.8) is 0 Å². The predicted octanol–water partition coefficient (Wildman–Crippen LogP) is 3.22. The van der Waals surface area contributed by atoms with E-state index < -0.39 is 10.0 Å². The molecule has 1 heterocycles. The Morgan fingerprint density at radius 1 is 1.08 bits per heavy atom. The summed E-state index contributed by atoms with van der Waals surface area (Å²) in [5, 5.41) is 0. The van der Waals surface area contributed by atoms with Gasteiger partial charge in [-0.15, -0.1) is 0 Å². The molecular weight excluding hydrogens is 322 g/mol. The van der Waals surface area contributed by atoms with Crippen molar-refractivity contribution in [3.05, 3.63) is 41.0 Å². The Hall–Kier alpha value is -1.46. The third-order valence-corrected chi connectivity index (χ3v) is 7.66. The number of sulfonamides is 1. The Kier molecular flexibility index (Phi) is 3.88. The zero-order chi connectivity index (χ0) is 16.9. The van der Waals surface area contributed by atoms with Crippen molar-refractivity contribution >= 4 is 15.8 Å². The van der Waals surface area contributed by atoms with E-state index in [2.05, 4.69) is 0 Å². The van der Waals surface area contributed by atoms with Gasteiger partial charge in [-0.2, -0.15) is 4.31 Å². The molecule has 1 saturated carbocycles. The molecule has 1 aromatic carbocycles. The smallest absolute Gasteiger partial charge is 0.243 e. The van der Waals surface area contributed by atoms with E-state index in [1.54, 1.807) is 16.4 Å². The lowest BCUT2D eigenvalue weighted by Gasteiger charge is -2.31. The van der Waals surface area contributed by atoms with Crippen LogP contribution in [0.5, 0.6) is 0 Å². The van der Waals surface area contributed by atoms with E-state index >= 15 is 0 Å². The second-order valence-corrected chi connectivity index (χ2v) is 9.13. The topological polar surface area (TPSA) is 54.5 Å². The molecule has 4 nitrogen and oxygen atoms in total. The Morgan fingerprint density at radius 2 is 1.83 bits per heavy atom. The fourth-order valence-electron chi connectivity index (χ4n) is 4.55. The van der Waals surface area contributed by atoms with Crippen molar-refractivity contribution < 1.29 is 13.2 Å². The second-order valence-electron chi connectivity index (χ2n) is 7.24. The molecule has 5 heteroatoms. The van der Waals surface area contributed by atoms with E-state index in [0.717, 1.165) is 48.8 Å². The van der Waals surface area contributed by atoms with Crippen molar-refractivity contribution in [1.29, 1.82) is 0 Å². The van der Waals surface area contributed by atoms with E-state index in [1.807, 2.05) is 19.1 Å². The Morgan fingerprint density at radius 3 is 2.58 bits per heavy atom. The SMILES string of the molecule is Cc1ccc(S(=O)(=O)N2CCCCC3=C4[C@@H](CC[C@@H]42)CC3=O)cc1. The number of hydrogen-bond donors (Lipinski definition) is 0. The molecular formula is C19H23NO3S. The molecule has 128 valence electrons. The fraction of sp³-hybridized carbons (Fsp3) is 0.526. The van der Waals surface area contributed by atoms with Crippen molar-refractivity contribution in [1.82, 2.24) is 4.31 Å². The third kappa shape index (κ3) is 2.45. The van der Waals surface area contributed by atoms with Crippen molar-refractivity contribution in [2.45, 2.75) is 56.4 Å². The number of allylic oxidation sites excluding steroid dienone is 1. The Bertz CT molecular complexity index is 808. The van der Waals surface area contributed by atoms with Crippen LogP contribution in [0.4, 0.5) is 0 Å². The van der Waals surface area contributed by atoms with Gasteiger partial charge in [0, 0.05) is 19.0 Å². The molecule has 1 aliphatic heterocycles. The zero-order valence-corrected chi connectivity index (χ0v) is 14.8. The number of hydrogen-bond acceptors (Lipinski definition) is 3. The molecule has 2 aliphatic carbocycles. The second kappa shape index (κ2) is 5.81. The predicted molar refractivity (Wildman–Crippen MR) is 92.1 cm³/mol. The van der Waals surface area contributed by atoms with Crippen LogP contribution in [0.25, 0.3) is 0 Å². The van der Waals surface area contributed by atoms with Crippen LogP contribution in [-0.4, -0.2) is 31.1 Å². The summed E-state index contributed by atoms with van der Waals surface area (Å²) in [6.07, 6.45) is 4.93. The molecule has 1 fully saturated rings. The average molecular weight is 345 g/mol. The highest BCUT2D eigenvalue weighted by Crippen LogP contribution is 2.47. The number of aryl methyl sites for hydroxylation is 1. The number of rotatable bonds is 2. The normalized spacial score (nSPS) is 28.0. The first kappa shape index (κ1) is 16.0. The van der Waals surface area contributed by atoms with Crippen molar-refractivity contribution in [3.8, 4) is 0 Å². The van der Waals surface area contributed by atoms with Gasteiger partial charge in [0.25, 0.3) is 0 Å².